The molecule has 0 bridgehead atoms. The molecular weight excluding hydrogens is 600 g/mol. The number of aliphatic hydroxyl groups excluding tert-OH is 1. The molecule has 5 atom stereocenters. The number of aromatic hydroxyl groups is 1. The number of fused-ring (bicyclic) bond motifs is 2. The summed E-state index contributed by atoms with van der Waals surface area (Å²) in [5, 5.41) is 25.4. The molecule has 0 radical (unpaired) electrons. The standard InChI is InChI=1S/C32H42N4O8S/c1-19(2)16-36(45(40,41)22-10-11-25-24(15-22)29(20(3)33-4)30(38)34-25)17-27(37)26(14-21-8-6-5-7-9-21)35-32(39)44-28-18-43-31-23(28)12-13-42-31/h5-11,15,19,23,26-28,31,34,37-38H,12-14,16-18H2,1-4H3,(H,35,39)/t23-,26-,27+,28-,31+/m0/s1. The number of nitrogens with zero attached hydrogens (tertiary/aromatic N) is 2. The number of aliphatic imine (C=N–C) groups is 1. The van der Waals surface area contributed by atoms with Gasteiger partial charge in [-0.1, -0.05) is 44.2 Å². The molecule has 2 aromatic carbocycles. The highest BCUT2D eigenvalue weighted by Crippen LogP contribution is 2.33. The molecule has 12 nitrogen and oxygen atoms in total. The van der Waals surface area contributed by atoms with E-state index in [9.17, 15) is 23.4 Å². The van der Waals surface area contributed by atoms with Crippen molar-refractivity contribution in [1.82, 2.24) is 14.6 Å². The van der Waals surface area contributed by atoms with Gasteiger partial charge in [0.15, 0.2) is 12.2 Å². The summed E-state index contributed by atoms with van der Waals surface area (Å²) in [5.41, 5.74) is 2.39. The lowest BCUT2D eigenvalue weighted by Gasteiger charge is -2.31. The third kappa shape index (κ3) is 7.33. The minimum atomic E-state index is -4.12. The summed E-state index contributed by atoms with van der Waals surface area (Å²) < 4.78 is 46.3. The van der Waals surface area contributed by atoms with E-state index in [0.717, 1.165) is 12.0 Å². The van der Waals surface area contributed by atoms with E-state index >= 15 is 0 Å². The molecule has 0 aliphatic carbocycles. The van der Waals surface area contributed by atoms with Gasteiger partial charge in [0.25, 0.3) is 0 Å². The first-order chi connectivity index (χ1) is 21.5. The molecule has 244 valence electrons. The fourth-order valence-electron chi connectivity index (χ4n) is 5.98. The van der Waals surface area contributed by atoms with Crippen molar-refractivity contribution in [2.24, 2.45) is 16.8 Å². The third-order valence-electron chi connectivity index (χ3n) is 8.35. The third-order valence-corrected chi connectivity index (χ3v) is 10.2. The van der Waals surface area contributed by atoms with Crippen LogP contribution in [0.2, 0.25) is 0 Å². The molecule has 1 amide bonds. The van der Waals surface area contributed by atoms with Crippen molar-refractivity contribution in [2.45, 2.75) is 63.0 Å². The maximum atomic E-state index is 14.1. The SMILES string of the molecule is CN=C(C)c1c(O)[nH]c2ccc(S(=O)(=O)N(CC(C)C)C[C@@H](O)[C@H](Cc3ccccc3)NC(=O)O[C@H]3CO[C@H]4OCC[C@H]43)cc12. The van der Waals surface area contributed by atoms with Crippen LogP contribution in [0.5, 0.6) is 5.88 Å². The number of sulfonamides is 1. The lowest BCUT2D eigenvalue weighted by atomic mass is 10.0. The average Bonchev–Trinajstić information content (AvgIpc) is 3.71. The summed E-state index contributed by atoms with van der Waals surface area (Å²) in [6, 6.07) is 13.1. The zero-order chi connectivity index (χ0) is 32.3. The second-order valence-corrected chi connectivity index (χ2v) is 14.0. The summed E-state index contributed by atoms with van der Waals surface area (Å²) in [7, 11) is -2.53. The Morgan fingerprint density at radius 1 is 1.18 bits per heavy atom. The number of carbonyl (C=O) groups excluding carboxylic acids is 1. The maximum absolute atomic E-state index is 14.1. The number of ether oxygens (including phenoxy) is 3. The largest absolute Gasteiger partial charge is 0.494 e. The van der Waals surface area contributed by atoms with E-state index in [1.165, 1.54) is 16.4 Å². The van der Waals surface area contributed by atoms with Crippen LogP contribution in [0.25, 0.3) is 10.9 Å². The van der Waals surface area contributed by atoms with E-state index in [0.29, 0.717) is 28.8 Å². The van der Waals surface area contributed by atoms with Crippen LogP contribution < -0.4 is 5.32 Å². The number of aromatic nitrogens is 1. The second-order valence-electron chi connectivity index (χ2n) is 12.1. The Balaban J connectivity index is 1.39. The Bertz CT molecular complexity index is 1620. The fourth-order valence-corrected chi connectivity index (χ4v) is 7.63. The Labute approximate surface area is 263 Å². The van der Waals surface area contributed by atoms with Crippen molar-refractivity contribution < 1.29 is 37.6 Å². The Morgan fingerprint density at radius 2 is 1.93 bits per heavy atom. The Kier molecular flexibility index (Phi) is 10.1. The van der Waals surface area contributed by atoms with Gasteiger partial charge < -0.3 is 34.7 Å². The first-order valence-corrected chi connectivity index (χ1v) is 16.6. The van der Waals surface area contributed by atoms with Gasteiger partial charge in [-0.15, -0.1) is 0 Å². The van der Waals surface area contributed by atoms with Gasteiger partial charge in [-0.05, 0) is 49.4 Å². The molecule has 0 spiro atoms. The number of amides is 1. The summed E-state index contributed by atoms with van der Waals surface area (Å²) in [6.45, 7) is 6.13. The minimum absolute atomic E-state index is 0.00792. The molecule has 2 aliphatic rings. The lowest BCUT2D eigenvalue weighted by Crippen LogP contribution is -2.51. The molecule has 2 aliphatic heterocycles. The summed E-state index contributed by atoms with van der Waals surface area (Å²) >= 11 is 0. The molecule has 2 saturated heterocycles. The molecule has 3 heterocycles. The maximum Gasteiger partial charge on any atom is 0.407 e. The van der Waals surface area contributed by atoms with Crippen LogP contribution in [-0.4, -0.2) is 97.6 Å². The van der Waals surface area contributed by atoms with Crippen molar-refractivity contribution in [3.63, 3.8) is 0 Å². The van der Waals surface area contributed by atoms with Crippen LogP contribution in [0, 0.1) is 11.8 Å². The minimum Gasteiger partial charge on any atom is -0.494 e. The first-order valence-electron chi connectivity index (χ1n) is 15.2. The van der Waals surface area contributed by atoms with Crippen molar-refractivity contribution in [3.05, 3.63) is 59.7 Å². The highest BCUT2D eigenvalue weighted by Gasteiger charge is 2.44. The zero-order valence-corrected chi connectivity index (χ0v) is 26.8. The van der Waals surface area contributed by atoms with E-state index in [-0.39, 0.29) is 55.0 Å². The van der Waals surface area contributed by atoms with Gasteiger partial charge in [-0.25, -0.2) is 13.2 Å². The van der Waals surface area contributed by atoms with Gasteiger partial charge in [-0.2, -0.15) is 4.31 Å². The van der Waals surface area contributed by atoms with E-state index in [1.54, 1.807) is 20.0 Å². The number of aliphatic hydroxyl groups is 1. The van der Waals surface area contributed by atoms with Crippen LogP contribution in [0.3, 0.4) is 0 Å². The quantitative estimate of drug-likeness (QED) is 0.219. The first kappa shape index (κ1) is 32.9. The number of hydrogen-bond acceptors (Lipinski definition) is 9. The van der Waals surface area contributed by atoms with E-state index in [1.807, 2.05) is 44.2 Å². The van der Waals surface area contributed by atoms with Crippen molar-refractivity contribution in [3.8, 4) is 5.88 Å². The molecule has 5 rings (SSSR count). The Morgan fingerprint density at radius 3 is 2.64 bits per heavy atom. The predicted molar refractivity (Wildman–Crippen MR) is 169 cm³/mol. The topological polar surface area (TPSA) is 163 Å². The average molecular weight is 643 g/mol. The number of alkyl carbamates (subject to hydrolysis) is 1. The summed E-state index contributed by atoms with van der Waals surface area (Å²) in [6.07, 6.45) is -1.88. The van der Waals surface area contributed by atoms with E-state index in [2.05, 4.69) is 15.3 Å². The molecule has 13 heteroatoms. The number of aromatic amines is 1. The molecular formula is C32H42N4O8S. The number of benzene rings is 2. The molecule has 0 unspecified atom stereocenters. The van der Waals surface area contributed by atoms with Crippen LogP contribution >= 0.6 is 0 Å². The van der Waals surface area contributed by atoms with Gasteiger partial charge >= 0.3 is 6.09 Å². The van der Waals surface area contributed by atoms with Gasteiger partial charge in [0.2, 0.25) is 10.0 Å². The van der Waals surface area contributed by atoms with Gasteiger partial charge in [0.1, 0.15) is 6.10 Å². The molecule has 1 aromatic heterocycles. The lowest BCUT2D eigenvalue weighted by molar-refractivity contribution is -0.0907. The number of H-pyrrole nitrogens is 1. The van der Waals surface area contributed by atoms with Gasteiger partial charge in [0, 0.05) is 36.8 Å². The molecule has 45 heavy (non-hydrogen) atoms. The smallest absolute Gasteiger partial charge is 0.407 e. The van der Waals surface area contributed by atoms with Gasteiger partial charge in [-0.3, -0.25) is 4.99 Å². The number of carbonyl (C=O) groups is 1. The molecule has 2 fully saturated rings. The number of hydrogen-bond donors (Lipinski definition) is 4. The van der Waals surface area contributed by atoms with E-state index in [4.69, 9.17) is 14.2 Å². The van der Waals surface area contributed by atoms with Crippen molar-refractivity contribution >= 4 is 32.7 Å². The monoisotopic (exact) mass is 642 g/mol. The Hall–Kier alpha value is -3.49. The second kappa shape index (κ2) is 13.9. The van der Waals surface area contributed by atoms with Crippen LogP contribution in [0.1, 0.15) is 38.3 Å². The van der Waals surface area contributed by atoms with E-state index < -0.39 is 34.4 Å². The van der Waals surface area contributed by atoms with Crippen LogP contribution in [0.15, 0.2) is 58.4 Å². The molecule has 0 saturated carbocycles. The summed E-state index contributed by atoms with van der Waals surface area (Å²) in [5.74, 6) is -0.211. The predicted octanol–water partition coefficient (Wildman–Crippen LogP) is 3.42. The van der Waals surface area contributed by atoms with Crippen LogP contribution in [0.4, 0.5) is 4.79 Å². The zero-order valence-electron chi connectivity index (χ0n) is 26.0. The summed E-state index contributed by atoms with van der Waals surface area (Å²) in [4.78, 5) is 20.1. The highest BCUT2D eigenvalue weighted by molar-refractivity contribution is 7.89. The molecule has 4 N–H and O–H groups in total. The normalized spacial score (nSPS) is 21.8. The van der Waals surface area contributed by atoms with Crippen LogP contribution in [-0.2, 0) is 30.7 Å². The highest BCUT2D eigenvalue weighted by atomic mass is 32.2. The van der Waals surface area contributed by atoms with Crippen molar-refractivity contribution in [1.29, 1.82) is 0 Å². The number of rotatable bonds is 12. The number of nitrogens with one attached hydrogen (secondary N) is 2. The van der Waals surface area contributed by atoms with Gasteiger partial charge in [0.05, 0.1) is 41.7 Å². The van der Waals surface area contributed by atoms with Crippen molar-refractivity contribution in [2.75, 3.05) is 33.4 Å². The molecule has 3 aromatic rings. The fraction of sp³-hybridized carbons (Fsp3) is 0.500.